The van der Waals surface area contributed by atoms with E-state index in [0.717, 1.165) is 15.6 Å². The van der Waals surface area contributed by atoms with Gasteiger partial charge in [-0.2, -0.15) is 0 Å². The highest BCUT2D eigenvalue weighted by atomic mass is 79.9. The second kappa shape index (κ2) is 7.28. The fourth-order valence-electron chi connectivity index (χ4n) is 1.96. The zero-order valence-electron chi connectivity index (χ0n) is 11.8. The molecule has 0 aliphatic rings. The predicted molar refractivity (Wildman–Crippen MR) is 82.1 cm³/mol. The Morgan fingerprint density at radius 1 is 1.30 bits per heavy atom. The van der Waals surface area contributed by atoms with Gasteiger partial charge in [-0.3, -0.25) is 0 Å². The summed E-state index contributed by atoms with van der Waals surface area (Å²) in [5.74, 6) is -1.02. The summed E-state index contributed by atoms with van der Waals surface area (Å²) in [6, 6.07) is 2.42. The predicted octanol–water partition coefficient (Wildman–Crippen LogP) is 3.44. The number of nitrogens with one attached hydrogen (secondary N) is 2. The molecule has 3 N–H and O–H groups in total. The summed E-state index contributed by atoms with van der Waals surface area (Å²) in [6.07, 6.45) is 1.09. The van der Waals surface area contributed by atoms with Crippen molar-refractivity contribution in [1.82, 2.24) is 5.32 Å². The first-order valence-electron chi connectivity index (χ1n) is 6.42. The minimum atomic E-state index is -1.02. The highest BCUT2D eigenvalue weighted by molar-refractivity contribution is 9.10. The Balaban J connectivity index is 2.78. The number of carbonyl (C=O) groups excluding carboxylic acids is 1. The molecule has 1 aromatic rings. The van der Waals surface area contributed by atoms with E-state index in [0.29, 0.717) is 18.5 Å². The highest BCUT2D eigenvalue weighted by Gasteiger charge is 2.19. The number of hydrogen-bond acceptors (Lipinski definition) is 2. The molecule has 6 heteroatoms. The lowest BCUT2D eigenvalue weighted by Gasteiger charge is -2.16. The molecule has 20 heavy (non-hydrogen) atoms. The van der Waals surface area contributed by atoms with E-state index in [1.54, 1.807) is 0 Å². The number of amides is 2. The van der Waals surface area contributed by atoms with Crippen molar-refractivity contribution in [3.8, 4) is 0 Å². The molecule has 0 aliphatic carbocycles. The van der Waals surface area contributed by atoms with Crippen molar-refractivity contribution >= 4 is 33.6 Å². The van der Waals surface area contributed by atoms with Gasteiger partial charge in [-0.1, -0.05) is 29.3 Å². The summed E-state index contributed by atoms with van der Waals surface area (Å²) >= 11 is 3.39. The largest absolute Gasteiger partial charge is 0.480 e. The smallest absolute Gasteiger partial charge is 0.326 e. The molecule has 0 saturated heterocycles. The third-order valence-corrected chi connectivity index (χ3v) is 3.37. The first-order valence-corrected chi connectivity index (χ1v) is 7.21. The van der Waals surface area contributed by atoms with Gasteiger partial charge in [0.25, 0.3) is 0 Å². The molecule has 1 atom stereocenters. The van der Waals surface area contributed by atoms with Crippen LogP contribution in [0, 0.1) is 13.8 Å². The molecule has 0 bridgehead atoms. The number of carbonyl (C=O) groups is 2. The van der Waals surface area contributed by atoms with Crippen LogP contribution in [0.5, 0.6) is 0 Å². The average molecular weight is 343 g/mol. The van der Waals surface area contributed by atoms with Gasteiger partial charge in [0, 0.05) is 10.2 Å². The van der Waals surface area contributed by atoms with E-state index >= 15 is 0 Å². The van der Waals surface area contributed by atoms with Crippen LogP contribution in [0.2, 0.25) is 0 Å². The average Bonchev–Trinajstić information content (AvgIpc) is 2.33. The second-order valence-electron chi connectivity index (χ2n) is 4.69. The van der Waals surface area contributed by atoms with Gasteiger partial charge in [-0.05, 0) is 43.5 Å². The van der Waals surface area contributed by atoms with Crippen LogP contribution in [-0.2, 0) is 4.79 Å². The molecule has 0 spiro atoms. The number of carboxylic acid groups (broad SMARTS) is 1. The van der Waals surface area contributed by atoms with Crippen molar-refractivity contribution in [3.05, 3.63) is 27.7 Å². The Labute approximate surface area is 126 Å². The van der Waals surface area contributed by atoms with E-state index in [1.807, 2.05) is 32.9 Å². The van der Waals surface area contributed by atoms with Gasteiger partial charge >= 0.3 is 12.0 Å². The molecular formula is C14H19BrN2O3. The Hall–Kier alpha value is -1.56. The van der Waals surface area contributed by atoms with E-state index in [-0.39, 0.29) is 0 Å². The summed E-state index contributed by atoms with van der Waals surface area (Å²) in [6.45, 7) is 5.64. The van der Waals surface area contributed by atoms with Crippen molar-refractivity contribution in [1.29, 1.82) is 0 Å². The van der Waals surface area contributed by atoms with Gasteiger partial charge in [0.05, 0.1) is 0 Å². The van der Waals surface area contributed by atoms with Gasteiger partial charge in [-0.15, -0.1) is 0 Å². The number of rotatable bonds is 5. The number of carboxylic acids is 1. The first kappa shape index (κ1) is 16.5. The number of aliphatic carboxylic acids is 1. The van der Waals surface area contributed by atoms with Crippen molar-refractivity contribution in [2.45, 2.75) is 39.7 Å². The summed E-state index contributed by atoms with van der Waals surface area (Å²) < 4.78 is 0.938. The van der Waals surface area contributed by atoms with Crippen LogP contribution in [-0.4, -0.2) is 23.1 Å². The van der Waals surface area contributed by atoms with Crippen molar-refractivity contribution in [2.24, 2.45) is 0 Å². The zero-order valence-corrected chi connectivity index (χ0v) is 13.4. The Kier molecular flexibility index (Phi) is 6.01. The highest BCUT2D eigenvalue weighted by Crippen LogP contribution is 2.24. The molecule has 0 saturated carbocycles. The fourth-order valence-corrected chi connectivity index (χ4v) is 2.65. The molecule has 0 aromatic heterocycles. The van der Waals surface area contributed by atoms with Crippen LogP contribution >= 0.6 is 15.9 Å². The quantitative estimate of drug-likeness (QED) is 0.766. The maximum Gasteiger partial charge on any atom is 0.326 e. The summed E-state index contributed by atoms with van der Waals surface area (Å²) in [5.41, 5.74) is 2.52. The van der Waals surface area contributed by atoms with E-state index in [1.165, 1.54) is 0 Å². The normalized spacial score (nSPS) is 11.8. The maximum atomic E-state index is 11.9. The summed E-state index contributed by atoms with van der Waals surface area (Å²) in [5, 5.41) is 14.2. The van der Waals surface area contributed by atoms with E-state index in [4.69, 9.17) is 5.11 Å². The van der Waals surface area contributed by atoms with Gasteiger partial charge in [0.2, 0.25) is 0 Å². The summed E-state index contributed by atoms with van der Waals surface area (Å²) in [7, 11) is 0. The van der Waals surface area contributed by atoms with Gasteiger partial charge in [0.1, 0.15) is 6.04 Å². The van der Waals surface area contributed by atoms with Crippen LogP contribution < -0.4 is 10.6 Å². The molecule has 0 heterocycles. The Bertz CT molecular complexity index is 494. The molecular weight excluding hydrogens is 324 g/mol. The van der Waals surface area contributed by atoms with Crippen molar-refractivity contribution in [2.75, 3.05) is 5.32 Å². The molecule has 1 aromatic carbocycles. The molecule has 5 nitrogen and oxygen atoms in total. The molecule has 0 radical (unpaired) electrons. The number of halogens is 1. The maximum absolute atomic E-state index is 11.9. The lowest BCUT2D eigenvalue weighted by molar-refractivity contribution is -0.139. The van der Waals surface area contributed by atoms with E-state index in [2.05, 4.69) is 26.6 Å². The third kappa shape index (κ3) is 4.52. The molecule has 110 valence electrons. The zero-order chi connectivity index (χ0) is 15.3. The Morgan fingerprint density at radius 3 is 2.30 bits per heavy atom. The number of anilines is 1. The first-order chi connectivity index (χ1) is 9.35. The topological polar surface area (TPSA) is 78.4 Å². The number of aryl methyl sites for hydroxylation is 2. The lowest BCUT2D eigenvalue weighted by atomic mass is 10.1. The molecule has 0 fully saturated rings. The summed E-state index contributed by atoms with van der Waals surface area (Å²) in [4.78, 5) is 22.9. The molecule has 0 unspecified atom stereocenters. The SMILES string of the molecule is CCC[C@H](NC(=O)Nc1c(C)cc(Br)cc1C)C(=O)O. The van der Waals surface area contributed by atoms with Gasteiger partial charge < -0.3 is 15.7 Å². The van der Waals surface area contributed by atoms with Crippen LogP contribution in [0.25, 0.3) is 0 Å². The van der Waals surface area contributed by atoms with Crippen molar-refractivity contribution in [3.63, 3.8) is 0 Å². The van der Waals surface area contributed by atoms with Crippen LogP contribution in [0.3, 0.4) is 0 Å². The Morgan fingerprint density at radius 2 is 1.85 bits per heavy atom. The monoisotopic (exact) mass is 342 g/mol. The number of hydrogen-bond donors (Lipinski definition) is 3. The second-order valence-corrected chi connectivity index (χ2v) is 5.61. The minimum absolute atomic E-state index is 0.404. The van der Waals surface area contributed by atoms with Gasteiger partial charge in [-0.25, -0.2) is 9.59 Å². The third-order valence-electron chi connectivity index (χ3n) is 2.92. The van der Waals surface area contributed by atoms with Crippen LogP contribution in [0.1, 0.15) is 30.9 Å². The molecule has 0 aliphatic heterocycles. The standard InChI is InChI=1S/C14H19BrN2O3/c1-4-5-11(13(18)19)16-14(20)17-12-8(2)6-10(15)7-9(12)3/h6-7,11H,4-5H2,1-3H3,(H,18,19)(H2,16,17,20)/t11-/m0/s1. The van der Waals surface area contributed by atoms with Crippen molar-refractivity contribution < 1.29 is 14.7 Å². The van der Waals surface area contributed by atoms with Gasteiger partial charge in [0.15, 0.2) is 0 Å². The molecule has 2 amide bonds. The van der Waals surface area contributed by atoms with Crippen LogP contribution in [0.15, 0.2) is 16.6 Å². The van der Waals surface area contributed by atoms with E-state index < -0.39 is 18.0 Å². The fraction of sp³-hybridized carbons (Fsp3) is 0.429. The van der Waals surface area contributed by atoms with E-state index in [9.17, 15) is 9.59 Å². The number of urea groups is 1. The minimum Gasteiger partial charge on any atom is -0.480 e. The van der Waals surface area contributed by atoms with Crippen LogP contribution in [0.4, 0.5) is 10.5 Å². The lowest BCUT2D eigenvalue weighted by Crippen LogP contribution is -2.43. The number of benzene rings is 1. The molecule has 1 rings (SSSR count).